The monoisotopic (exact) mass is 562 g/mol. The minimum atomic E-state index is -3.08. The summed E-state index contributed by atoms with van der Waals surface area (Å²) >= 11 is 0. The average molecular weight is 563 g/mol. The quantitative estimate of drug-likeness (QED) is 0.252. The fraction of sp³-hybridized carbons (Fsp3) is 0.424. The van der Waals surface area contributed by atoms with E-state index in [9.17, 15) is 13.6 Å². The number of piperidine rings is 1. The molecule has 3 aliphatic rings. The van der Waals surface area contributed by atoms with Crippen molar-refractivity contribution in [3.63, 3.8) is 0 Å². The van der Waals surface area contributed by atoms with Gasteiger partial charge in [0, 0.05) is 49.5 Å². The maximum atomic E-state index is 14.0. The van der Waals surface area contributed by atoms with Crippen LogP contribution in [0.2, 0.25) is 0 Å². The zero-order valence-corrected chi connectivity index (χ0v) is 24.7. The summed E-state index contributed by atoms with van der Waals surface area (Å²) in [7, 11) is 1.39. The molecule has 3 heterocycles. The number of alkyl halides is 2. The first-order valence-electron chi connectivity index (χ1n) is 14.2. The zero-order chi connectivity index (χ0) is 29.9. The van der Waals surface area contributed by atoms with Crippen molar-refractivity contribution >= 4 is 17.2 Å². The number of azo groups is 2. The molecule has 0 saturated carbocycles. The Morgan fingerprint density at radius 2 is 1.90 bits per heavy atom. The molecule has 1 radical (unpaired) electrons. The van der Waals surface area contributed by atoms with Crippen LogP contribution in [0.5, 0.6) is 5.75 Å². The van der Waals surface area contributed by atoms with E-state index in [1.807, 2.05) is 0 Å². The van der Waals surface area contributed by atoms with Crippen molar-refractivity contribution in [2.24, 2.45) is 5.11 Å². The second kappa shape index (κ2) is 12.5. The molecule has 1 atom stereocenters. The zero-order valence-electron chi connectivity index (χ0n) is 24.7. The highest BCUT2D eigenvalue weighted by molar-refractivity contribution is 5.86. The largest absolute Gasteiger partial charge is 0.495 e. The lowest BCUT2D eigenvalue weighted by Gasteiger charge is -2.39. The van der Waals surface area contributed by atoms with Crippen molar-refractivity contribution < 1.29 is 23.0 Å². The number of hydrogen-bond donors (Lipinski definition) is 0. The van der Waals surface area contributed by atoms with Gasteiger partial charge in [0.05, 0.1) is 18.7 Å². The molecule has 0 bridgehead atoms. The molecule has 217 valence electrons. The number of nitrogens with zero attached hydrogens (tertiary/aromatic N) is 4. The predicted molar refractivity (Wildman–Crippen MR) is 157 cm³/mol. The van der Waals surface area contributed by atoms with Crippen LogP contribution in [0.3, 0.4) is 0 Å². The molecule has 2 aromatic rings. The lowest BCUT2D eigenvalue weighted by molar-refractivity contribution is -0.487. The third-order valence-corrected chi connectivity index (χ3v) is 7.80. The molecule has 5 rings (SSSR count). The van der Waals surface area contributed by atoms with Crippen molar-refractivity contribution in [3.8, 4) is 5.75 Å². The van der Waals surface area contributed by atoms with Crippen LogP contribution < -0.4 is 4.74 Å². The summed E-state index contributed by atoms with van der Waals surface area (Å²) in [5.41, 5.74) is 6.01. The Balaban J connectivity index is 0.000000714. The van der Waals surface area contributed by atoms with Gasteiger partial charge < -0.3 is 9.64 Å². The van der Waals surface area contributed by atoms with E-state index in [0.29, 0.717) is 11.5 Å². The number of allylic oxidation sites excluding steroid dienone is 2. The third kappa shape index (κ3) is 6.47. The van der Waals surface area contributed by atoms with Gasteiger partial charge in [0.2, 0.25) is 5.69 Å². The molecular formula is C33H40F2N4O2+. The molecule has 8 heteroatoms. The number of ketones is 1. The predicted octanol–water partition coefficient (Wildman–Crippen LogP) is 8.30. The second-order valence-corrected chi connectivity index (χ2v) is 11.1. The van der Waals surface area contributed by atoms with Gasteiger partial charge in [0.15, 0.2) is 11.5 Å². The highest BCUT2D eigenvalue weighted by Crippen LogP contribution is 2.48. The fourth-order valence-electron chi connectivity index (χ4n) is 5.58. The van der Waals surface area contributed by atoms with E-state index in [1.54, 1.807) is 6.07 Å². The van der Waals surface area contributed by atoms with Crippen LogP contribution in [0.15, 0.2) is 72.1 Å². The summed E-state index contributed by atoms with van der Waals surface area (Å²) in [5.74, 6) is -2.49. The van der Waals surface area contributed by atoms with Crippen molar-refractivity contribution in [1.29, 1.82) is 0 Å². The minimum Gasteiger partial charge on any atom is -0.495 e. The van der Waals surface area contributed by atoms with E-state index < -0.39 is 5.92 Å². The number of hydrogen-bond acceptors (Lipinski definition) is 5. The van der Waals surface area contributed by atoms with Gasteiger partial charge in [-0.25, -0.2) is 0 Å². The first-order chi connectivity index (χ1) is 19.5. The van der Waals surface area contributed by atoms with Crippen LogP contribution in [0.25, 0.3) is 5.70 Å². The first-order valence-corrected chi connectivity index (χ1v) is 14.2. The normalized spacial score (nSPS) is 18.7. The summed E-state index contributed by atoms with van der Waals surface area (Å²) in [6.45, 7) is 15.1. The smallest absolute Gasteiger partial charge is 0.291 e. The second-order valence-electron chi connectivity index (χ2n) is 11.1. The number of halogens is 2. The van der Waals surface area contributed by atoms with Crippen molar-refractivity contribution in [1.82, 2.24) is 9.88 Å². The highest BCUT2D eigenvalue weighted by atomic mass is 19.3. The molecule has 0 N–H and O–H groups in total. The number of aromatic nitrogens is 1. The van der Waals surface area contributed by atoms with E-state index in [-0.39, 0.29) is 23.3 Å². The number of benzene rings is 1. The van der Waals surface area contributed by atoms with E-state index >= 15 is 0 Å². The van der Waals surface area contributed by atoms with E-state index in [2.05, 4.69) is 65.9 Å². The van der Waals surface area contributed by atoms with E-state index in [1.165, 1.54) is 43.5 Å². The molecule has 1 aromatic carbocycles. The van der Waals surface area contributed by atoms with Gasteiger partial charge in [0.25, 0.3) is 12.0 Å². The van der Waals surface area contributed by atoms with Crippen LogP contribution in [0.4, 0.5) is 14.5 Å². The molecule has 0 spiro atoms. The van der Waals surface area contributed by atoms with Crippen LogP contribution in [0.1, 0.15) is 82.5 Å². The fourth-order valence-corrected chi connectivity index (χ4v) is 5.58. The Labute approximate surface area is 242 Å². The summed E-state index contributed by atoms with van der Waals surface area (Å²) in [4.78, 5) is 16.1. The highest BCUT2D eigenvalue weighted by Gasteiger charge is 2.49. The van der Waals surface area contributed by atoms with Gasteiger partial charge in [-0.2, -0.15) is 8.78 Å². The molecular weight excluding hydrogens is 522 g/mol. The maximum Gasteiger partial charge on any atom is 0.291 e. The molecule has 1 saturated heterocycles. The molecule has 1 aromatic heterocycles. The van der Waals surface area contributed by atoms with Gasteiger partial charge in [-0.1, -0.05) is 50.3 Å². The number of rotatable bonds is 7. The number of methoxy groups -OCH3 is 1. The Hall–Kier alpha value is -3.68. The summed E-state index contributed by atoms with van der Waals surface area (Å²) < 4.78 is 35.4. The molecule has 6 nitrogen and oxygen atoms in total. The van der Waals surface area contributed by atoms with Crippen molar-refractivity contribution in [3.05, 3.63) is 89.9 Å². The van der Waals surface area contributed by atoms with Gasteiger partial charge in [-0.15, -0.1) is 0 Å². The number of likely N-dealkylation sites (tertiary alicyclic amines) is 1. The molecule has 0 amide bonds. The van der Waals surface area contributed by atoms with Crippen LogP contribution >= 0.6 is 0 Å². The molecule has 1 fully saturated rings. The molecule has 2 aliphatic heterocycles. The third-order valence-electron chi connectivity index (χ3n) is 7.80. The maximum absolute atomic E-state index is 14.0. The lowest BCUT2D eigenvalue weighted by atomic mass is 9.87. The topological polar surface area (TPSA) is 57.8 Å². The van der Waals surface area contributed by atoms with Crippen LogP contribution in [0, 0.1) is 6.04 Å². The SMILES string of the molecule is C=C(c1cnc(C(C)(F)F)c(OC)c1)N1CC[C]2C3=C(CCCC[C@@H]31)N=[N+]2c1ccc(C(C)C)cc1.C=CC(C)=O. The minimum absolute atomic E-state index is 0.0185. The van der Waals surface area contributed by atoms with E-state index in [0.717, 1.165) is 62.7 Å². The van der Waals surface area contributed by atoms with Gasteiger partial charge in [-0.05, 0) is 54.9 Å². The van der Waals surface area contributed by atoms with Gasteiger partial charge >= 0.3 is 0 Å². The average Bonchev–Trinajstić information content (AvgIpc) is 3.19. The van der Waals surface area contributed by atoms with Crippen LogP contribution in [-0.4, -0.2) is 40.1 Å². The standard InChI is InChI=1S/C29H34F2N4O.C4H6O/c1-18(2)20-10-12-22(13-11-20)35-25-14-15-34(24-9-7-6-8-23(33-35)27(24)25)19(3)21-16-26(36-5)28(32-17-21)29(4,30)31;1-3-4(2)5/h10-13,16-18,24H,3,6-9,14-15H2,1-2,4-5H3;3H,1H2,2H3/q+1;/t24-;/m0./s1. The van der Waals surface area contributed by atoms with Gasteiger partial charge in [-0.3, -0.25) is 9.78 Å². The summed E-state index contributed by atoms with van der Waals surface area (Å²) in [6.07, 6.45) is 7.78. The Morgan fingerprint density at radius 1 is 1.22 bits per heavy atom. The van der Waals surface area contributed by atoms with Gasteiger partial charge in [0.1, 0.15) is 11.4 Å². The number of carbonyl (C=O) groups is 1. The lowest BCUT2D eigenvalue weighted by Crippen LogP contribution is -2.43. The number of ether oxygens (including phenoxy) is 1. The first kappa shape index (κ1) is 30.3. The van der Waals surface area contributed by atoms with Crippen molar-refractivity contribution in [2.45, 2.75) is 77.7 Å². The molecule has 41 heavy (non-hydrogen) atoms. The van der Waals surface area contributed by atoms with E-state index in [4.69, 9.17) is 9.85 Å². The Morgan fingerprint density at radius 3 is 2.49 bits per heavy atom. The Kier molecular flexibility index (Phi) is 9.20. The summed E-state index contributed by atoms with van der Waals surface area (Å²) in [6, 6.07) is 11.8. The van der Waals surface area contributed by atoms with Crippen molar-refractivity contribution in [2.75, 3.05) is 13.7 Å². The summed E-state index contributed by atoms with van der Waals surface area (Å²) in [5, 5.41) is 5.09. The Bertz CT molecular complexity index is 1370. The van der Waals surface area contributed by atoms with Crippen LogP contribution in [-0.2, 0) is 10.7 Å². The molecule has 1 aliphatic carbocycles. The number of carbonyl (C=O) groups excluding carboxylic acids is 1. The molecule has 0 unspecified atom stereocenters. The number of pyridine rings is 1.